The van der Waals surface area contributed by atoms with Gasteiger partial charge in [-0.1, -0.05) is 64.2 Å². The van der Waals surface area contributed by atoms with E-state index in [1.54, 1.807) is 0 Å². The fraction of sp³-hybridized carbons (Fsp3) is 0.895. The average Bonchev–Trinajstić information content (AvgIpc) is 2.56. The van der Waals surface area contributed by atoms with Gasteiger partial charge in [0.1, 0.15) is 0 Å². The highest BCUT2D eigenvalue weighted by Gasteiger charge is 2.20. The lowest BCUT2D eigenvalue weighted by Gasteiger charge is -2.08. The number of carboxylic acids is 2. The first-order valence-corrected chi connectivity index (χ1v) is 10.0. The first kappa shape index (κ1) is 24.3. The van der Waals surface area contributed by atoms with Crippen LogP contribution < -0.4 is 0 Å². The lowest BCUT2D eigenvalue weighted by molar-refractivity contribution is -0.524. The number of carbonyl (C=O) groups is 2. The molecule has 0 amide bonds. The van der Waals surface area contributed by atoms with E-state index >= 15 is 0 Å². The minimum atomic E-state index is -0.975. The Balaban J connectivity index is 3.35. The van der Waals surface area contributed by atoms with E-state index in [9.17, 15) is 19.7 Å². The Bertz CT molecular complexity index is 399. The molecule has 1 unspecified atom stereocenters. The highest BCUT2D eigenvalue weighted by atomic mass is 16.6. The summed E-state index contributed by atoms with van der Waals surface area (Å²) in [7, 11) is 0. The zero-order valence-corrected chi connectivity index (χ0v) is 15.9. The molecule has 0 aromatic carbocycles. The van der Waals surface area contributed by atoms with Crippen LogP contribution in [-0.2, 0) is 9.59 Å². The van der Waals surface area contributed by atoms with Crippen molar-refractivity contribution in [3.63, 3.8) is 0 Å². The van der Waals surface area contributed by atoms with Crippen LogP contribution in [0.3, 0.4) is 0 Å². The van der Waals surface area contributed by atoms with Crippen LogP contribution in [0.2, 0.25) is 0 Å². The van der Waals surface area contributed by atoms with Gasteiger partial charge in [0.2, 0.25) is 6.04 Å². The lowest BCUT2D eigenvalue weighted by atomic mass is 10.0. The van der Waals surface area contributed by atoms with E-state index in [4.69, 9.17) is 10.2 Å². The van der Waals surface area contributed by atoms with Gasteiger partial charge in [0.05, 0.1) is 6.42 Å². The molecule has 0 saturated heterocycles. The molecule has 7 heteroatoms. The quantitative estimate of drug-likeness (QED) is 0.186. The number of nitro groups is 1. The molecule has 1 atom stereocenters. The summed E-state index contributed by atoms with van der Waals surface area (Å²) in [6.07, 6.45) is 13.7. The third-order valence-electron chi connectivity index (χ3n) is 4.67. The molecule has 2 N–H and O–H groups in total. The summed E-state index contributed by atoms with van der Waals surface area (Å²) < 4.78 is 0. The second kappa shape index (κ2) is 16.8. The third-order valence-corrected chi connectivity index (χ3v) is 4.67. The van der Waals surface area contributed by atoms with E-state index < -0.39 is 18.0 Å². The van der Waals surface area contributed by atoms with Crippen LogP contribution in [0.15, 0.2) is 0 Å². The van der Waals surface area contributed by atoms with Crippen LogP contribution in [0.4, 0.5) is 0 Å². The zero-order valence-electron chi connectivity index (χ0n) is 15.9. The van der Waals surface area contributed by atoms with Gasteiger partial charge < -0.3 is 10.2 Å². The van der Waals surface area contributed by atoms with E-state index in [2.05, 4.69) is 0 Å². The summed E-state index contributed by atoms with van der Waals surface area (Å²) in [5.41, 5.74) is 0. The molecule has 0 aliphatic heterocycles. The minimum absolute atomic E-state index is 0.124. The first-order chi connectivity index (χ1) is 12.4. The molecule has 7 nitrogen and oxygen atoms in total. The second-order valence-corrected chi connectivity index (χ2v) is 7.05. The Morgan fingerprint density at radius 2 is 1.04 bits per heavy atom. The summed E-state index contributed by atoms with van der Waals surface area (Å²) in [6, 6.07) is -0.721. The standard InChI is InChI=1S/C19H35NO6/c21-18(22)14-12-10-8-6-4-2-1-3-5-7-9-11-13-17(20(25)26)15-16-19(23)24/h17H,1-16H2,(H,21,22)(H,23,24). The maximum absolute atomic E-state index is 10.9. The highest BCUT2D eigenvalue weighted by Crippen LogP contribution is 2.15. The second-order valence-electron chi connectivity index (χ2n) is 7.05. The Morgan fingerprint density at radius 3 is 1.42 bits per heavy atom. The summed E-state index contributed by atoms with van der Waals surface area (Å²) >= 11 is 0. The van der Waals surface area contributed by atoms with Crippen molar-refractivity contribution in [2.45, 2.75) is 109 Å². The maximum Gasteiger partial charge on any atom is 0.303 e. The van der Waals surface area contributed by atoms with Crippen molar-refractivity contribution in [1.29, 1.82) is 0 Å². The summed E-state index contributed by atoms with van der Waals surface area (Å²) in [6.45, 7) is 0. The number of carboxylic acid groups (broad SMARTS) is 2. The number of hydrogen-bond acceptors (Lipinski definition) is 4. The van der Waals surface area contributed by atoms with Gasteiger partial charge in [0, 0.05) is 24.2 Å². The Morgan fingerprint density at radius 1 is 0.654 bits per heavy atom. The van der Waals surface area contributed by atoms with Crippen LogP contribution >= 0.6 is 0 Å². The Kier molecular flexibility index (Phi) is 15.7. The van der Waals surface area contributed by atoms with E-state index in [0.717, 1.165) is 44.9 Å². The van der Waals surface area contributed by atoms with Gasteiger partial charge in [0.15, 0.2) is 0 Å². The molecule has 0 spiro atoms. The normalized spacial score (nSPS) is 12.0. The van der Waals surface area contributed by atoms with Crippen molar-refractivity contribution in [2.75, 3.05) is 0 Å². The zero-order chi connectivity index (χ0) is 19.6. The molecule has 0 aromatic heterocycles. The highest BCUT2D eigenvalue weighted by molar-refractivity contribution is 5.66. The van der Waals surface area contributed by atoms with Gasteiger partial charge >= 0.3 is 11.9 Å². The first-order valence-electron chi connectivity index (χ1n) is 10.0. The number of unbranched alkanes of at least 4 members (excludes halogenated alkanes) is 11. The van der Waals surface area contributed by atoms with Crippen LogP contribution in [0.1, 0.15) is 103 Å². The number of rotatable bonds is 19. The van der Waals surface area contributed by atoms with Crippen molar-refractivity contribution in [1.82, 2.24) is 0 Å². The molecule has 0 rings (SSSR count). The molecule has 26 heavy (non-hydrogen) atoms. The van der Waals surface area contributed by atoms with Gasteiger partial charge in [-0.05, 0) is 12.8 Å². The molecule has 152 valence electrons. The molecule has 0 bridgehead atoms. The van der Waals surface area contributed by atoms with E-state index in [1.165, 1.54) is 32.1 Å². The van der Waals surface area contributed by atoms with E-state index in [-0.39, 0.29) is 24.2 Å². The lowest BCUT2D eigenvalue weighted by Crippen LogP contribution is -2.20. The van der Waals surface area contributed by atoms with Gasteiger partial charge in [0.25, 0.3) is 0 Å². The van der Waals surface area contributed by atoms with Crippen molar-refractivity contribution >= 4 is 11.9 Å². The number of nitrogens with zero attached hydrogens (tertiary/aromatic N) is 1. The SMILES string of the molecule is O=C(O)CCCCCCCCCCCCCCC(CCC(=O)O)[N+](=O)[O-]. The van der Waals surface area contributed by atoms with Crippen LogP contribution in [-0.4, -0.2) is 33.1 Å². The van der Waals surface area contributed by atoms with Crippen LogP contribution in [0, 0.1) is 10.1 Å². The molecule has 0 fully saturated rings. The molecule has 0 heterocycles. The van der Waals surface area contributed by atoms with Crippen molar-refractivity contribution in [3.05, 3.63) is 10.1 Å². The largest absolute Gasteiger partial charge is 0.481 e. The topological polar surface area (TPSA) is 118 Å². The molecule has 0 aromatic rings. The summed E-state index contributed by atoms with van der Waals surface area (Å²) in [4.78, 5) is 31.4. The smallest absolute Gasteiger partial charge is 0.303 e. The molecule has 0 aliphatic carbocycles. The molecule has 0 radical (unpaired) electrons. The maximum atomic E-state index is 10.9. The predicted octanol–water partition coefficient (Wildman–Crippen LogP) is 5.04. The molecular formula is C19H35NO6. The van der Waals surface area contributed by atoms with Gasteiger partial charge in [-0.3, -0.25) is 19.7 Å². The Hall–Kier alpha value is -1.66. The monoisotopic (exact) mass is 373 g/mol. The molecular weight excluding hydrogens is 338 g/mol. The van der Waals surface area contributed by atoms with Gasteiger partial charge in [-0.15, -0.1) is 0 Å². The molecule has 0 aliphatic rings. The van der Waals surface area contributed by atoms with Gasteiger partial charge in [-0.25, -0.2) is 0 Å². The minimum Gasteiger partial charge on any atom is -0.481 e. The van der Waals surface area contributed by atoms with Crippen molar-refractivity contribution in [2.24, 2.45) is 0 Å². The summed E-state index contributed by atoms with van der Waals surface area (Å²) in [5.74, 6) is -1.68. The fourth-order valence-electron chi connectivity index (χ4n) is 3.07. The number of hydrogen-bond donors (Lipinski definition) is 2. The van der Waals surface area contributed by atoms with Crippen molar-refractivity contribution in [3.8, 4) is 0 Å². The average molecular weight is 373 g/mol. The number of aliphatic carboxylic acids is 2. The van der Waals surface area contributed by atoms with Crippen LogP contribution in [0.25, 0.3) is 0 Å². The van der Waals surface area contributed by atoms with Crippen molar-refractivity contribution < 1.29 is 24.7 Å². The Labute approximate surface area is 156 Å². The molecule has 0 saturated carbocycles. The van der Waals surface area contributed by atoms with E-state index in [1.807, 2.05) is 0 Å². The van der Waals surface area contributed by atoms with Crippen LogP contribution in [0.5, 0.6) is 0 Å². The fourth-order valence-corrected chi connectivity index (χ4v) is 3.07. The predicted molar refractivity (Wildman–Crippen MR) is 99.9 cm³/mol. The summed E-state index contributed by atoms with van der Waals surface area (Å²) in [5, 5.41) is 28.0. The van der Waals surface area contributed by atoms with Gasteiger partial charge in [-0.2, -0.15) is 0 Å². The van der Waals surface area contributed by atoms with E-state index in [0.29, 0.717) is 6.42 Å². The third kappa shape index (κ3) is 17.2.